The highest BCUT2D eigenvalue weighted by Crippen LogP contribution is 2.31. The number of aliphatic hydroxyl groups excluding tert-OH is 1. The van der Waals surface area contributed by atoms with E-state index in [4.69, 9.17) is 10.4 Å². The number of hydrogen-bond acceptors (Lipinski definition) is 4. The molecule has 0 aromatic heterocycles. The molecular weight excluding hydrogens is 222 g/mol. The first-order chi connectivity index (χ1) is 7.38. The van der Waals surface area contributed by atoms with Crippen LogP contribution in [0.1, 0.15) is 11.7 Å². The maximum absolute atomic E-state index is 12.7. The van der Waals surface area contributed by atoms with Gasteiger partial charge >= 0.3 is 5.92 Å². The van der Waals surface area contributed by atoms with Crippen LogP contribution in [0.4, 0.5) is 14.5 Å². The molecule has 0 saturated carbocycles. The zero-order valence-corrected chi connectivity index (χ0v) is 7.80. The minimum absolute atomic E-state index is 0.253. The van der Waals surface area contributed by atoms with Crippen LogP contribution in [-0.2, 0) is 0 Å². The van der Waals surface area contributed by atoms with Gasteiger partial charge in [-0.3, -0.25) is 10.1 Å². The van der Waals surface area contributed by atoms with E-state index >= 15 is 0 Å². The van der Waals surface area contributed by atoms with E-state index < -0.39 is 16.9 Å². The first-order valence-corrected chi connectivity index (χ1v) is 4.10. The van der Waals surface area contributed by atoms with E-state index in [1.807, 2.05) is 0 Å². The third-order valence-corrected chi connectivity index (χ3v) is 1.91. The molecule has 0 aliphatic heterocycles. The summed E-state index contributed by atoms with van der Waals surface area (Å²) in [4.78, 5) is 9.58. The normalized spacial score (nSPS) is 12.9. The molecule has 1 N–H and O–H groups in total. The molecule has 0 fully saturated rings. The highest BCUT2D eigenvalue weighted by atomic mass is 19.3. The smallest absolute Gasteiger partial charge is 0.361 e. The maximum Gasteiger partial charge on any atom is 0.361 e. The maximum atomic E-state index is 12.7. The Kier molecular flexibility index (Phi) is 3.15. The SMILES string of the molecule is N#CC(F)(F)C(O)c1ccc([N+](=O)[O-])cc1. The van der Waals surface area contributed by atoms with Gasteiger partial charge in [0.1, 0.15) is 6.07 Å². The summed E-state index contributed by atoms with van der Waals surface area (Å²) in [7, 11) is 0. The number of hydrogen-bond donors (Lipinski definition) is 1. The van der Waals surface area contributed by atoms with Crippen LogP contribution in [-0.4, -0.2) is 16.0 Å². The highest BCUT2D eigenvalue weighted by molar-refractivity contribution is 5.34. The molecular formula is C9H6F2N2O3. The predicted octanol–water partition coefficient (Wildman–Crippen LogP) is 1.79. The van der Waals surface area contributed by atoms with Crippen molar-refractivity contribution in [2.45, 2.75) is 12.0 Å². The standard InChI is InChI=1S/C9H6F2N2O3/c10-9(11,5-12)8(14)6-1-3-7(4-2-6)13(15)16/h1-4,8,14H. The number of nitro groups is 1. The minimum atomic E-state index is -3.92. The van der Waals surface area contributed by atoms with Crippen molar-refractivity contribution in [3.63, 3.8) is 0 Å². The molecule has 16 heavy (non-hydrogen) atoms. The summed E-state index contributed by atoms with van der Waals surface area (Å²) >= 11 is 0. The summed E-state index contributed by atoms with van der Waals surface area (Å²) in [6.45, 7) is 0. The zero-order chi connectivity index (χ0) is 12.3. The van der Waals surface area contributed by atoms with E-state index in [1.165, 1.54) is 0 Å². The highest BCUT2D eigenvalue weighted by Gasteiger charge is 2.39. The number of benzene rings is 1. The molecule has 1 atom stereocenters. The molecule has 5 nitrogen and oxygen atoms in total. The van der Waals surface area contributed by atoms with Crippen molar-refractivity contribution in [1.82, 2.24) is 0 Å². The van der Waals surface area contributed by atoms with Crippen molar-refractivity contribution < 1.29 is 18.8 Å². The molecule has 0 amide bonds. The Bertz CT molecular complexity index is 439. The number of nitriles is 1. The second-order valence-electron chi connectivity index (χ2n) is 2.99. The molecule has 0 aliphatic carbocycles. The minimum Gasteiger partial charge on any atom is -0.381 e. The summed E-state index contributed by atoms with van der Waals surface area (Å²) in [5.41, 5.74) is -0.534. The Balaban J connectivity index is 3.00. The topological polar surface area (TPSA) is 87.2 Å². The van der Waals surface area contributed by atoms with Crippen LogP contribution in [0.15, 0.2) is 24.3 Å². The van der Waals surface area contributed by atoms with E-state index in [1.54, 1.807) is 0 Å². The molecule has 1 unspecified atom stereocenters. The molecule has 0 bridgehead atoms. The van der Waals surface area contributed by atoms with Crippen LogP contribution in [0.25, 0.3) is 0 Å². The van der Waals surface area contributed by atoms with Gasteiger partial charge < -0.3 is 5.11 Å². The first kappa shape index (κ1) is 12.0. The number of rotatable bonds is 3. The van der Waals surface area contributed by atoms with Crippen molar-refractivity contribution in [3.8, 4) is 6.07 Å². The summed E-state index contributed by atoms with van der Waals surface area (Å²) in [6.07, 6.45) is -2.29. The Morgan fingerprint density at radius 2 is 1.94 bits per heavy atom. The Hall–Kier alpha value is -2.07. The molecule has 1 aromatic rings. The van der Waals surface area contributed by atoms with Crippen LogP contribution in [0.3, 0.4) is 0 Å². The van der Waals surface area contributed by atoms with Crippen molar-refractivity contribution >= 4 is 5.69 Å². The fourth-order valence-corrected chi connectivity index (χ4v) is 1.05. The van der Waals surface area contributed by atoms with Gasteiger partial charge in [0.15, 0.2) is 6.10 Å². The molecule has 0 heterocycles. The lowest BCUT2D eigenvalue weighted by Crippen LogP contribution is -2.23. The van der Waals surface area contributed by atoms with Crippen LogP contribution in [0.5, 0.6) is 0 Å². The third kappa shape index (κ3) is 2.29. The van der Waals surface area contributed by atoms with Crippen LogP contribution < -0.4 is 0 Å². The number of aliphatic hydroxyl groups is 1. The first-order valence-electron chi connectivity index (χ1n) is 4.10. The summed E-state index contributed by atoms with van der Waals surface area (Å²) in [5.74, 6) is -3.92. The van der Waals surface area contributed by atoms with E-state index in [9.17, 15) is 18.9 Å². The quantitative estimate of drug-likeness (QED) is 0.631. The number of nitro benzene ring substituents is 1. The number of alkyl halides is 2. The van der Waals surface area contributed by atoms with Crippen LogP contribution in [0.2, 0.25) is 0 Å². The summed E-state index contributed by atoms with van der Waals surface area (Å²) in [5, 5.41) is 27.5. The number of non-ortho nitro benzene ring substituents is 1. The fourth-order valence-electron chi connectivity index (χ4n) is 1.05. The number of halogens is 2. The average Bonchev–Trinajstić information content (AvgIpc) is 2.28. The van der Waals surface area contributed by atoms with Crippen molar-refractivity contribution in [1.29, 1.82) is 5.26 Å². The monoisotopic (exact) mass is 228 g/mol. The molecule has 0 radical (unpaired) electrons. The zero-order valence-electron chi connectivity index (χ0n) is 7.80. The predicted molar refractivity (Wildman–Crippen MR) is 48.6 cm³/mol. The van der Waals surface area contributed by atoms with Gasteiger partial charge in [-0.05, 0) is 17.7 Å². The fraction of sp³-hybridized carbons (Fsp3) is 0.222. The Labute approximate surface area is 88.7 Å². The van der Waals surface area contributed by atoms with E-state index in [2.05, 4.69) is 0 Å². The van der Waals surface area contributed by atoms with Crippen molar-refractivity contribution in [2.75, 3.05) is 0 Å². The van der Waals surface area contributed by atoms with Gasteiger partial charge in [-0.2, -0.15) is 14.0 Å². The summed E-state index contributed by atoms with van der Waals surface area (Å²) < 4.78 is 25.5. The molecule has 1 rings (SSSR count). The van der Waals surface area contributed by atoms with Gasteiger partial charge in [0.2, 0.25) is 0 Å². The van der Waals surface area contributed by atoms with Gasteiger partial charge in [-0.1, -0.05) is 0 Å². The molecule has 84 valence electrons. The van der Waals surface area contributed by atoms with Gasteiger partial charge in [0.05, 0.1) is 4.92 Å². The Morgan fingerprint density at radius 3 is 2.31 bits per heavy atom. The lowest BCUT2D eigenvalue weighted by Gasteiger charge is -2.15. The Morgan fingerprint density at radius 1 is 1.44 bits per heavy atom. The lowest BCUT2D eigenvalue weighted by atomic mass is 10.0. The lowest BCUT2D eigenvalue weighted by molar-refractivity contribution is -0.384. The molecule has 0 saturated heterocycles. The largest absolute Gasteiger partial charge is 0.381 e. The van der Waals surface area contributed by atoms with E-state index in [0.717, 1.165) is 24.3 Å². The van der Waals surface area contributed by atoms with Crippen LogP contribution >= 0.6 is 0 Å². The third-order valence-electron chi connectivity index (χ3n) is 1.91. The second-order valence-corrected chi connectivity index (χ2v) is 2.99. The van der Waals surface area contributed by atoms with Gasteiger partial charge in [-0.15, -0.1) is 0 Å². The van der Waals surface area contributed by atoms with Crippen molar-refractivity contribution in [2.24, 2.45) is 0 Å². The van der Waals surface area contributed by atoms with Gasteiger partial charge in [0, 0.05) is 12.1 Å². The molecule has 7 heteroatoms. The van der Waals surface area contributed by atoms with Gasteiger partial charge in [0.25, 0.3) is 5.69 Å². The molecule has 0 aliphatic rings. The number of nitrogens with zero attached hydrogens (tertiary/aromatic N) is 2. The second kappa shape index (κ2) is 4.20. The van der Waals surface area contributed by atoms with Gasteiger partial charge in [-0.25, -0.2) is 0 Å². The summed E-state index contributed by atoms with van der Waals surface area (Å²) in [6, 6.07) is 4.58. The van der Waals surface area contributed by atoms with Crippen LogP contribution in [0, 0.1) is 21.4 Å². The van der Waals surface area contributed by atoms with E-state index in [0.29, 0.717) is 6.07 Å². The average molecular weight is 228 g/mol. The van der Waals surface area contributed by atoms with Crippen molar-refractivity contribution in [3.05, 3.63) is 39.9 Å². The molecule has 0 spiro atoms. The molecule has 1 aromatic carbocycles. The van der Waals surface area contributed by atoms with E-state index in [-0.39, 0.29) is 11.3 Å².